The van der Waals surface area contributed by atoms with Gasteiger partial charge in [-0.25, -0.2) is 4.79 Å². The lowest BCUT2D eigenvalue weighted by Crippen LogP contribution is -2.49. The molecule has 0 unspecified atom stereocenters. The van der Waals surface area contributed by atoms with Gasteiger partial charge in [0.25, 0.3) is 0 Å². The van der Waals surface area contributed by atoms with Crippen LogP contribution >= 0.6 is 0 Å². The van der Waals surface area contributed by atoms with Crippen molar-refractivity contribution >= 4 is 11.7 Å². The quantitative estimate of drug-likeness (QED) is 0.837. The highest BCUT2D eigenvalue weighted by Crippen LogP contribution is 2.25. The molecule has 1 saturated heterocycles. The van der Waals surface area contributed by atoms with Gasteiger partial charge >= 0.3 is 6.03 Å². The van der Waals surface area contributed by atoms with Crippen molar-refractivity contribution in [2.24, 2.45) is 5.92 Å². The number of ether oxygens (including phenoxy) is 1. The minimum atomic E-state index is -0.0602. The second-order valence-corrected chi connectivity index (χ2v) is 7.38. The second-order valence-electron chi connectivity index (χ2n) is 7.38. The van der Waals surface area contributed by atoms with Crippen LogP contribution in [0, 0.1) is 5.92 Å². The van der Waals surface area contributed by atoms with Gasteiger partial charge in [0.1, 0.15) is 5.75 Å². The lowest BCUT2D eigenvalue weighted by Gasteiger charge is -2.34. The van der Waals surface area contributed by atoms with Crippen LogP contribution < -0.4 is 10.1 Å². The minimum absolute atomic E-state index is 0.0602. The largest absolute Gasteiger partial charge is 0.491 e. The Kier molecular flexibility index (Phi) is 6.71. The third-order valence-electron chi connectivity index (χ3n) is 4.61. The van der Waals surface area contributed by atoms with Crippen molar-refractivity contribution in [3.05, 3.63) is 60.2 Å². The maximum absolute atomic E-state index is 12.7. The molecule has 0 bridgehead atoms. The van der Waals surface area contributed by atoms with E-state index >= 15 is 0 Å². The summed E-state index contributed by atoms with van der Waals surface area (Å²) in [5.41, 5.74) is 2.04. The Morgan fingerprint density at radius 3 is 2.37 bits per heavy atom. The Morgan fingerprint density at radius 2 is 1.67 bits per heavy atom. The molecule has 2 aromatic carbocycles. The first kappa shape index (κ1) is 19.2. The van der Waals surface area contributed by atoms with E-state index in [1.807, 2.05) is 35.2 Å². The summed E-state index contributed by atoms with van der Waals surface area (Å²) in [5, 5.41) is 3.01. The summed E-state index contributed by atoms with van der Waals surface area (Å²) in [6.45, 7) is 9.00. The van der Waals surface area contributed by atoms with E-state index in [9.17, 15) is 4.79 Å². The highest BCUT2D eigenvalue weighted by molar-refractivity contribution is 5.91. The lowest BCUT2D eigenvalue weighted by molar-refractivity contribution is 0.143. The predicted octanol–water partition coefficient (Wildman–Crippen LogP) is 4.07. The Balaban J connectivity index is 1.51. The first-order valence-corrected chi connectivity index (χ1v) is 9.66. The van der Waals surface area contributed by atoms with Gasteiger partial charge in [0, 0.05) is 32.7 Å². The van der Waals surface area contributed by atoms with E-state index in [1.165, 1.54) is 5.56 Å². The number of rotatable bonds is 6. The van der Waals surface area contributed by atoms with Gasteiger partial charge in [0.2, 0.25) is 0 Å². The smallest absolute Gasteiger partial charge is 0.322 e. The number of urea groups is 1. The molecule has 1 fully saturated rings. The van der Waals surface area contributed by atoms with Crippen LogP contribution in [-0.4, -0.2) is 48.6 Å². The van der Waals surface area contributed by atoms with E-state index in [1.54, 1.807) is 0 Å². The Labute approximate surface area is 161 Å². The van der Waals surface area contributed by atoms with Crippen LogP contribution in [0.3, 0.4) is 0 Å². The zero-order chi connectivity index (χ0) is 19.1. The van der Waals surface area contributed by atoms with Crippen LogP contribution in [0.1, 0.15) is 19.4 Å². The summed E-state index contributed by atoms with van der Waals surface area (Å²) in [6.07, 6.45) is 0. The summed E-state index contributed by atoms with van der Waals surface area (Å²) in [7, 11) is 0. The molecule has 1 aliphatic heterocycles. The fourth-order valence-electron chi connectivity index (χ4n) is 3.10. The predicted molar refractivity (Wildman–Crippen MR) is 109 cm³/mol. The van der Waals surface area contributed by atoms with Gasteiger partial charge < -0.3 is 15.0 Å². The van der Waals surface area contributed by atoms with E-state index in [2.05, 4.69) is 48.3 Å². The van der Waals surface area contributed by atoms with Gasteiger partial charge in [-0.3, -0.25) is 4.90 Å². The molecule has 27 heavy (non-hydrogen) atoms. The molecule has 1 N–H and O–H groups in total. The first-order valence-electron chi connectivity index (χ1n) is 9.66. The maximum atomic E-state index is 12.7. The summed E-state index contributed by atoms with van der Waals surface area (Å²) in [5.74, 6) is 1.16. The zero-order valence-electron chi connectivity index (χ0n) is 16.2. The molecule has 0 aliphatic carbocycles. The van der Waals surface area contributed by atoms with Crippen LogP contribution in [0.25, 0.3) is 0 Å². The van der Waals surface area contributed by atoms with Gasteiger partial charge in [-0.2, -0.15) is 0 Å². The first-order chi connectivity index (χ1) is 13.1. The van der Waals surface area contributed by atoms with Gasteiger partial charge in [-0.1, -0.05) is 56.3 Å². The van der Waals surface area contributed by atoms with Gasteiger partial charge in [-0.15, -0.1) is 0 Å². The Hall–Kier alpha value is -2.53. The highest BCUT2D eigenvalue weighted by atomic mass is 16.5. The SMILES string of the molecule is CC(C)COc1ccccc1NC(=O)N1CCN(Cc2ccccc2)CC1. The average Bonchev–Trinajstić information content (AvgIpc) is 2.68. The third-order valence-corrected chi connectivity index (χ3v) is 4.61. The fourth-order valence-corrected chi connectivity index (χ4v) is 3.10. The van der Waals surface area contributed by atoms with Crippen LogP contribution in [0.5, 0.6) is 5.75 Å². The number of hydrogen-bond donors (Lipinski definition) is 1. The molecular formula is C22H29N3O2. The molecule has 1 aliphatic rings. The summed E-state index contributed by atoms with van der Waals surface area (Å²) < 4.78 is 5.83. The molecular weight excluding hydrogens is 338 g/mol. The van der Waals surface area contributed by atoms with E-state index in [-0.39, 0.29) is 6.03 Å². The molecule has 2 amide bonds. The molecule has 0 aromatic heterocycles. The average molecular weight is 367 g/mol. The topological polar surface area (TPSA) is 44.8 Å². The lowest BCUT2D eigenvalue weighted by atomic mass is 10.2. The molecule has 5 heteroatoms. The number of para-hydroxylation sites is 2. The van der Waals surface area contributed by atoms with Crippen molar-refractivity contribution in [2.45, 2.75) is 20.4 Å². The third kappa shape index (κ3) is 5.73. The van der Waals surface area contributed by atoms with Crippen LogP contribution in [0.2, 0.25) is 0 Å². The number of amides is 2. The highest BCUT2D eigenvalue weighted by Gasteiger charge is 2.21. The van der Waals surface area contributed by atoms with Crippen molar-refractivity contribution in [3.63, 3.8) is 0 Å². The van der Waals surface area contributed by atoms with Gasteiger partial charge in [-0.05, 0) is 23.6 Å². The van der Waals surface area contributed by atoms with Crippen LogP contribution in [-0.2, 0) is 6.54 Å². The number of hydrogen-bond acceptors (Lipinski definition) is 3. The molecule has 144 valence electrons. The van der Waals surface area contributed by atoms with Crippen molar-refractivity contribution in [1.29, 1.82) is 0 Å². The van der Waals surface area contributed by atoms with Crippen molar-refractivity contribution in [1.82, 2.24) is 9.80 Å². The molecule has 0 radical (unpaired) electrons. The van der Waals surface area contributed by atoms with E-state index in [0.29, 0.717) is 12.5 Å². The minimum Gasteiger partial charge on any atom is -0.491 e. The summed E-state index contributed by atoms with van der Waals surface area (Å²) in [6, 6.07) is 18.0. The van der Waals surface area contributed by atoms with Crippen molar-refractivity contribution in [3.8, 4) is 5.75 Å². The number of benzene rings is 2. The number of nitrogens with zero attached hydrogens (tertiary/aromatic N) is 2. The molecule has 0 saturated carbocycles. The van der Waals surface area contributed by atoms with Crippen molar-refractivity contribution < 1.29 is 9.53 Å². The molecule has 5 nitrogen and oxygen atoms in total. The second kappa shape index (κ2) is 9.42. The summed E-state index contributed by atoms with van der Waals surface area (Å²) in [4.78, 5) is 16.9. The molecule has 3 rings (SSSR count). The fraction of sp³-hybridized carbons (Fsp3) is 0.409. The van der Waals surface area contributed by atoms with E-state index in [0.717, 1.165) is 44.2 Å². The van der Waals surface area contributed by atoms with E-state index in [4.69, 9.17) is 4.74 Å². The molecule has 0 atom stereocenters. The number of piperazine rings is 1. The molecule has 2 aromatic rings. The number of anilines is 1. The maximum Gasteiger partial charge on any atom is 0.322 e. The standard InChI is InChI=1S/C22H29N3O2/c1-18(2)17-27-21-11-7-6-10-20(21)23-22(26)25-14-12-24(13-15-25)16-19-8-4-3-5-9-19/h3-11,18H,12-17H2,1-2H3,(H,23,26). The molecule has 1 heterocycles. The summed E-state index contributed by atoms with van der Waals surface area (Å²) >= 11 is 0. The zero-order valence-corrected chi connectivity index (χ0v) is 16.2. The van der Waals surface area contributed by atoms with Crippen molar-refractivity contribution in [2.75, 3.05) is 38.1 Å². The molecule has 0 spiro atoms. The normalized spacial score (nSPS) is 15.0. The number of carbonyl (C=O) groups is 1. The van der Waals surface area contributed by atoms with E-state index < -0.39 is 0 Å². The van der Waals surface area contributed by atoms with Crippen LogP contribution in [0.15, 0.2) is 54.6 Å². The number of nitrogens with one attached hydrogen (secondary N) is 1. The van der Waals surface area contributed by atoms with Gasteiger partial charge in [0.15, 0.2) is 0 Å². The monoisotopic (exact) mass is 367 g/mol. The van der Waals surface area contributed by atoms with Gasteiger partial charge in [0.05, 0.1) is 12.3 Å². The Morgan fingerprint density at radius 1 is 1.00 bits per heavy atom. The van der Waals surface area contributed by atoms with Crippen LogP contribution in [0.4, 0.5) is 10.5 Å². The Bertz CT molecular complexity index is 725. The number of carbonyl (C=O) groups excluding carboxylic acids is 1.